The molecule has 0 bridgehead atoms. The van der Waals surface area contributed by atoms with E-state index < -0.39 is 5.54 Å². The third kappa shape index (κ3) is 3.24. The first-order valence-electron chi connectivity index (χ1n) is 11.9. The van der Waals surface area contributed by atoms with Gasteiger partial charge in [0.25, 0.3) is 5.91 Å². The maximum Gasteiger partial charge on any atom is 0.256 e. The number of benzene rings is 1. The Morgan fingerprint density at radius 1 is 1.12 bits per heavy atom. The van der Waals surface area contributed by atoms with Gasteiger partial charge in [-0.2, -0.15) is 0 Å². The second-order valence-electron chi connectivity index (χ2n) is 9.93. The largest absolute Gasteiger partial charge is 0.464 e. The van der Waals surface area contributed by atoms with Gasteiger partial charge in [-0.15, -0.1) is 11.3 Å². The summed E-state index contributed by atoms with van der Waals surface area (Å²) in [7, 11) is 0. The summed E-state index contributed by atoms with van der Waals surface area (Å²) < 4.78 is 5.47. The highest BCUT2D eigenvalue weighted by atomic mass is 32.1. The van der Waals surface area contributed by atoms with Crippen molar-refractivity contribution in [2.45, 2.75) is 37.6 Å². The first-order valence-corrected chi connectivity index (χ1v) is 12.7. The van der Waals surface area contributed by atoms with Crippen LogP contribution in [0.5, 0.6) is 0 Å². The van der Waals surface area contributed by atoms with Crippen molar-refractivity contribution in [3.05, 3.63) is 47.5 Å². The van der Waals surface area contributed by atoms with E-state index in [4.69, 9.17) is 9.41 Å². The molecule has 3 fully saturated rings. The molecule has 1 atom stereocenters. The number of likely N-dealkylation sites (tertiary alicyclic amines) is 1. The number of furan rings is 1. The minimum Gasteiger partial charge on any atom is -0.464 e. The predicted octanol–water partition coefficient (Wildman–Crippen LogP) is 4.54. The smallest absolute Gasteiger partial charge is 0.256 e. The lowest BCUT2D eigenvalue weighted by Gasteiger charge is -2.23. The van der Waals surface area contributed by atoms with E-state index in [1.165, 1.54) is 0 Å². The average Bonchev–Trinajstić information content (AvgIpc) is 3.59. The summed E-state index contributed by atoms with van der Waals surface area (Å²) >= 11 is 1.68. The summed E-state index contributed by atoms with van der Waals surface area (Å²) in [6, 6.07) is 12.4. The van der Waals surface area contributed by atoms with Crippen LogP contribution in [0.4, 0.5) is 0 Å². The Kier molecular flexibility index (Phi) is 4.16. The second-order valence-corrected chi connectivity index (χ2v) is 11.0. The number of hydrogen-bond donors (Lipinski definition) is 0. The molecule has 2 aromatic heterocycles. The predicted molar refractivity (Wildman–Crippen MR) is 127 cm³/mol. The van der Waals surface area contributed by atoms with Gasteiger partial charge in [-0.3, -0.25) is 19.5 Å². The summed E-state index contributed by atoms with van der Waals surface area (Å²) in [4.78, 5) is 36.9. The number of fused-ring (bicyclic) bond motifs is 1. The molecule has 2 amide bonds. The van der Waals surface area contributed by atoms with Gasteiger partial charge in [-0.25, -0.2) is 0 Å². The SMILES string of the molecule is O=C(C1CC1)N1CCC(CN2C(=O)C3(CC3)N=C2c2ccc(-c3ccc4occc4c3)s2)C1. The molecule has 168 valence electrons. The molecule has 0 N–H and O–H groups in total. The van der Waals surface area contributed by atoms with Gasteiger partial charge in [0.05, 0.1) is 11.1 Å². The van der Waals surface area contributed by atoms with E-state index in [-0.39, 0.29) is 11.8 Å². The number of hydrogen-bond acceptors (Lipinski definition) is 5. The van der Waals surface area contributed by atoms with Crippen LogP contribution in [-0.2, 0) is 9.59 Å². The Morgan fingerprint density at radius 2 is 1.97 bits per heavy atom. The topological polar surface area (TPSA) is 66.1 Å². The summed E-state index contributed by atoms with van der Waals surface area (Å²) in [6.07, 6.45) is 6.44. The standard InChI is InChI=1S/C26H25N3O3S/c30-24(17-1-2-17)28-11-7-16(14-28)15-29-23(27-26(9-10-26)25(29)31)22-6-5-21(33-22)19-3-4-20-18(13-19)8-12-32-20/h3-6,8,12-13,16-17H,1-2,7,9-11,14-15H2. The van der Waals surface area contributed by atoms with Crippen LogP contribution in [0.1, 0.15) is 37.0 Å². The molecule has 2 aliphatic heterocycles. The zero-order valence-corrected chi connectivity index (χ0v) is 19.1. The molecule has 0 radical (unpaired) electrons. The highest BCUT2D eigenvalue weighted by molar-refractivity contribution is 7.17. The molecule has 4 aliphatic rings. The van der Waals surface area contributed by atoms with Gasteiger partial charge in [0.1, 0.15) is 17.0 Å². The minimum absolute atomic E-state index is 0.152. The van der Waals surface area contributed by atoms with Crippen LogP contribution in [0.3, 0.4) is 0 Å². The first kappa shape index (κ1) is 19.5. The fraction of sp³-hybridized carbons (Fsp3) is 0.423. The van der Waals surface area contributed by atoms with Crippen LogP contribution in [-0.4, -0.2) is 52.6 Å². The van der Waals surface area contributed by atoms with Gasteiger partial charge < -0.3 is 9.32 Å². The van der Waals surface area contributed by atoms with Crippen molar-refractivity contribution in [2.24, 2.45) is 16.8 Å². The Bertz CT molecular complexity index is 1310. The van der Waals surface area contributed by atoms with Gasteiger partial charge in [0.2, 0.25) is 5.91 Å². The van der Waals surface area contributed by atoms with Gasteiger partial charge in [0, 0.05) is 35.8 Å². The molecular formula is C26H25N3O3S. The molecule has 2 saturated carbocycles. The van der Waals surface area contributed by atoms with E-state index in [0.29, 0.717) is 18.4 Å². The van der Waals surface area contributed by atoms with Crippen molar-refractivity contribution >= 4 is 40.0 Å². The van der Waals surface area contributed by atoms with Crippen LogP contribution in [0, 0.1) is 11.8 Å². The number of thiophene rings is 1. The third-order valence-electron chi connectivity index (χ3n) is 7.47. The lowest BCUT2D eigenvalue weighted by molar-refractivity contribution is -0.131. The summed E-state index contributed by atoms with van der Waals surface area (Å²) in [5.41, 5.74) is 1.51. The van der Waals surface area contributed by atoms with E-state index in [9.17, 15) is 9.59 Å². The van der Waals surface area contributed by atoms with Gasteiger partial charge in [-0.05, 0) is 80.0 Å². The van der Waals surface area contributed by atoms with Crippen molar-refractivity contribution in [1.29, 1.82) is 0 Å². The van der Waals surface area contributed by atoms with Crippen LogP contribution in [0.15, 0.2) is 52.1 Å². The fourth-order valence-electron chi connectivity index (χ4n) is 5.22. The van der Waals surface area contributed by atoms with Crippen LogP contribution < -0.4 is 0 Å². The highest BCUT2D eigenvalue weighted by Crippen LogP contribution is 2.47. The van der Waals surface area contributed by atoms with Crippen molar-refractivity contribution in [2.75, 3.05) is 19.6 Å². The van der Waals surface area contributed by atoms with Crippen molar-refractivity contribution in [1.82, 2.24) is 9.80 Å². The third-order valence-corrected chi connectivity index (χ3v) is 8.60. The maximum atomic E-state index is 13.3. The van der Waals surface area contributed by atoms with E-state index >= 15 is 0 Å². The highest BCUT2D eigenvalue weighted by Gasteiger charge is 2.57. The van der Waals surface area contributed by atoms with Crippen molar-refractivity contribution < 1.29 is 14.0 Å². The molecular weight excluding hydrogens is 434 g/mol. The normalized spacial score (nSPS) is 23.7. The molecule has 7 heteroatoms. The zero-order chi connectivity index (χ0) is 22.2. The molecule has 6 nitrogen and oxygen atoms in total. The molecule has 3 aromatic rings. The Balaban J connectivity index is 1.14. The van der Waals surface area contributed by atoms with Crippen LogP contribution in [0.2, 0.25) is 0 Å². The molecule has 1 spiro atoms. The number of carbonyl (C=O) groups excluding carboxylic acids is 2. The average molecular weight is 460 g/mol. The molecule has 4 heterocycles. The Hall–Kier alpha value is -2.93. The number of amides is 2. The van der Waals surface area contributed by atoms with E-state index in [0.717, 1.165) is 77.3 Å². The van der Waals surface area contributed by atoms with E-state index in [1.54, 1.807) is 17.6 Å². The van der Waals surface area contributed by atoms with Crippen LogP contribution >= 0.6 is 11.3 Å². The maximum absolute atomic E-state index is 13.3. The van der Waals surface area contributed by atoms with E-state index in [1.807, 2.05) is 21.9 Å². The number of nitrogens with zero attached hydrogens (tertiary/aromatic N) is 3. The van der Waals surface area contributed by atoms with E-state index in [2.05, 4.69) is 24.3 Å². The number of rotatable bonds is 5. The summed E-state index contributed by atoms with van der Waals surface area (Å²) in [6.45, 7) is 2.24. The minimum atomic E-state index is -0.517. The monoisotopic (exact) mass is 459 g/mol. The lowest BCUT2D eigenvalue weighted by Crippen LogP contribution is -2.40. The first-order chi connectivity index (χ1) is 16.1. The van der Waals surface area contributed by atoms with Crippen LogP contribution in [0.25, 0.3) is 21.4 Å². The molecule has 33 heavy (non-hydrogen) atoms. The molecule has 1 unspecified atom stereocenters. The number of amidine groups is 1. The quantitative estimate of drug-likeness (QED) is 0.563. The van der Waals surface area contributed by atoms with Gasteiger partial charge in [-0.1, -0.05) is 0 Å². The molecule has 7 rings (SSSR count). The molecule has 1 saturated heterocycles. The Morgan fingerprint density at radius 3 is 2.79 bits per heavy atom. The zero-order valence-electron chi connectivity index (χ0n) is 18.3. The van der Waals surface area contributed by atoms with Gasteiger partial charge in [0.15, 0.2) is 0 Å². The molecule has 1 aromatic carbocycles. The second kappa shape index (κ2) is 7.03. The fourth-order valence-corrected chi connectivity index (χ4v) is 6.22. The van der Waals surface area contributed by atoms with Crippen molar-refractivity contribution in [3.8, 4) is 10.4 Å². The van der Waals surface area contributed by atoms with Crippen molar-refractivity contribution in [3.63, 3.8) is 0 Å². The van der Waals surface area contributed by atoms with Gasteiger partial charge >= 0.3 is 0 Å². The molecule has 2 aliphatic carbocycles. The summed E-state index contributed by atoms with van der Waals surface area (Å²) in [5, 5.41) is 1.08. The Labute approximate surface area is 195 Å². The lowest BCUT2D eigenvalue weighted by atomic mass is 10.1. The number of carbonyl (C=O) groups is 2. The summed E-state index contributed by atoms with van der Waals surface area (Å²) in [5.74, 6) is 1.87. The number of aliphatic imine (C=N–C) groups is 1.